The van der Waals surface area contributed by atoms with Crippen molar-refractivity contribution in [2.75, 3.05) is 13.2 Å². The fourth-order valence-corrected chi connectivity index (χ4v) is 3.55. The standard InChI is InChI=1S/C17H31N3O/c1-4-12-18-16(15-13-19-20(5-2)14-15)17(21-6-3)10-8-7-9-11-17/h13-14,16,18H,4-12H2,1-3H3. The van der Waals surface area contributed by atoms with E-state index in [1.165, 1.54) is 24.8 Å². The highest BCUT2D eigenvalue weighted by molar-refractivity contribution is 5.17. The molecule has 1 aliphatic rings. The van der Waals surface area contributed by atoms with Gasteiger partial charge in [-0.1, -0.05) is 26.2 Å². The van der Waals surface area contributed by atoms with Crippen molar-refractivity contribution in [1.29, 1.82) is 0 Å². The molecule has 120 valence electrons. The molecule has 1 unspecified atom stereocenters. The van der Waals surface area contributed by atoms with E-state index in [0.29, 0.717) is 0 Å². The van der Waals surface area contributed by atoms with Crippen molar-refractivity contribution in [2.24, 2.45) is 0 Å². The summed E-state index contributed by atoms with van der Waals surface area (Å²) in [6.45, 7) is 9.19. The minimum absolute atomic E-state index is 0.0518. The molecule has 1 heterocycles. The van der Waals surface area contributed by atoms with Crippen LogP contribution in [0.4, 0.5) is 0 Å². The monoisotopic (exact) mass is 293 g/mol. The Morgan fingerprint density at radius 1 is 1.29 bits per heavy atom. The van der Waals surface area contributed by atoms with E-state index in [-0.39, 0.29) is 11.6 Å². The number of ether oxygens (including phenoxy) is 1. The summed E-state index contributed by atoms with van der Waals surface area (Å²) in [6, 6.07) is 0.262. The van der Waals surface area contributed by atoms with Gasteiger partial charge < -0.3 is 10.1 Å². The van der Waals surface area contributed by atoms with Crippen molar-refractivity contribution < 1.29 is 4.74 Å². The van der Waals surface area contributed by atoms with Crippen LogP contribution in [0.5, 0.6) is 0 Å². The Morgan fingerprint density at radius 2 is 2.05 bits per heavy atom. The second kappa shape index (κ2) is 7.95. The first-order valence-electron chi connectivity index (χ1n) is 8.65. The number of nitrogens with zero attached hydrogens (tertiary/aromatic N) is 2. The van der Waals surface area contributed by atoms with Gasteiger partial charge >= 0.3 is 0 Å². The molecule has 21 heavy (non-hydrogen) atoms. The predicted molar refractivity (Wildman–Crippen MR) is 86.4 cm³/mol. The number of aromatic nitrogens is 2. The Balaban J connectivity index is 2.26. The molecule has 0 aliphatic heterocycles. The first kappa shape index (κ1) is 16.5. The summed E-state index contributed by atoms with van der Waals surface area (Å²) in [5.41, 5.74) is 1.23. The molecule has 4 nitrogen and oxygen atoms in total. The highest BCUT2D eigenvalue weighted by Crippen LogP contribution is 2.41. The van der Waals surface area contributed by atoms with Crippen molar-refractivity contribution in [3.63, 3.8) is 0 Å². The summed E-state index contributed by atoms with van der Waals surface area (Å²) in [7, 11) is 0. The molecule has 1 aromatic heterocycles. The maximum absolute atomic E-state index is 6.33. The molecule has 0 aromatic carbocycles. The van der Waals surface area contributed by atoms with Crippen LogP contribution in [0.1, 0.15) is 70.9 Å². The second-order valence-electron chi connectivity index (χ2n) is 6.07. The summed E-state index contributed by atoms with van der Waals surface area (Å²) in [5.74, 6) is 0. The van der Waals surface area contributed by atoms with E-state index in [4.69, 9.17) is 4.74 Å². The van der Waals surface area contributed by atoms with Crippen molar-refractivity contribution in [2.45, 2.75) is 77.5 Å². The Kier molecular flexibility index (Phi) is 6.24. The maximum Gasteiger partial charge on any atom is 0.0877 e. The van der Waals surface area contributed by atoms with Crippen LogP contribution in [-0.4, -0.2) is 28.5 Å². The van der Waals surface area contributed by atoms with Gasteiger partial charge in [-0.3, -0.25) is 4.68 Å². The third-order valence-electron chi connectivity index (χ3n) is 4.57. The molecular weight excluding hydrogens is 262 g/mol. The van der Waals surface area contributed by atoms with Crippen LogP contribution in [0.25, 0.3) is 0 Å². The molecule has 1 atom stereocenters. The van der Waals surface area contributed by atoms with Gasteiger partial charge in [-0.25, -0.2) is 0 Å². The van der Waals surface area contributed by atoms with Crippen molar-refractivity contribution in [3.05, 3.63) is 18.0 Å². The van der Waals surface area contributed by atoms with Gasteiger partial charge in [0.2, 0.25) is 0 Å². The highest BCUT2D eigenvalue weighted by atomic mass is 16.5. The fourth-order valence-electron chi connectivity index (χ4n) is 3.55. The Bertz CT molecular complexity index is 404. The molecule has 1 N–H and O–H groups in total. The van der Waals surface area contributed by atoms with Crippen molar-refractivity contribution in [3.8, 4) is 0 Å². The van der Waals surface area contributed by atoms with Crippen LogP contribution in [-0.2, 0) is 11.3 Å². The van der Waals surface area contributed by atoms with E-state index < -0.39 is 0 Å². The molecule has 0 saturated heterocycles. The first-order chi connectivity index (χ1) is 10.3. The summed E-state index contributed by atoms with van der Waals surface area (Å²) in [6.07, 6.45) is 11.5. The lowest BCUT2D eigenvalue weighted by atomic mass is 9.77. The van der Waals surface area contributed by atoms with Gasteiger partial charge in [0.05, 0.1) is 17.8 Å². The number of hydrogen-bond acceptors (Lipinski definition) is 3. The quantitative estimate of drug-likeness (QED) is 0.794. The zero-order valence-electron chi connectivity index (χ0n) is 13.9. The summed E-state index contributed by atoms with van der Waals surface area (Å²) < 4.78 is 8.34. The maximum atomic E-state index is 6.33. The number of rotatable bonds is 8. The number of aryl methyl sites for hydroxylation is 1. The van der Waals surface area contributed by atoms with Crippen molar-refractivity contribution >= 4 is 0 Å². The van der Waals surface area contributed by atoms with Crippen LogP contribution in [0.3, 0.4) is 0 Å². The minimum atomic E-state index is -0.0518. The summed E-state index contributed by atoms with van der Waals surface area (Å²) >= 11 is 0. The molecule has 1 saturated carbocycles. The van der Waals surface area contributed by atoms with Gasteiger partial charge in [0.1, 0.15) is 0 Å². The first-order valence-corrected chi connectivity index (χ1v) is 8.65. The minimum Gasteiger partial charge on any atom is -0.373 e. The molecule has 0 radical (unpaired) electrons. The van der Waals surface area contributed by atoms with Gasteiger partial charge in [0.25, 0.3) is 0 Å². The zero-order valence-corrected chi connectivity index (χ0v) is 13.9. The predicted octanol–water partition coefficient (Wildman–Crippen LogP) is 3.68. The van der Waals surface area contributed by atoms with E-state index in [9.17, 15) is 0 Å². The summed E-state index contributed by atoms with van der Waals surface area (Å²) in [5, 5.41) is 8.21. The van der Waals surface area contributed by atoms with Gasteiger partial charge in [-0.05, 0) is 39.7 Å². The van der Waals surface area contributed by atoms with Gasteiger partial charge in [0, 0.05) is 24.9 Å². The summed E-state index contributed by atoms with van der Waals surface area (Å²) in [4.78, 5) is 0. The average molecular weight is 293 g/mol. The Hall–Kier alpha value is -0.870. The molecule has 1 aromatic rings. The topological polar surface area (TPSA) is 39.1 Å². The van der Waals surface area contributed by atoms with Crippen LogP contribution in [0, 0.1) is 0 Å². The molecule has 0 spiro atoms. The number of nitrogens with one attached hydrogen (secondary N) is 1. The molecule has 0 bridgehead atoms. The van der Waals surface area contributed by atoms with Gasteiger partial charge in [-0.2, -0.15) is 5.10 Å². The van der Waals surface area contributed by atoms with Crippen LogP contribution in [0.15, 0.2) is 12.4 Å². The molecule has 1 fully saturated rings. The fraction of sp³-hybridized carbons (Fsp3) is 0.824. The average Bonchev–Trinajstić information content (AvgIpc) is 2.97. The van der Waals surface area contributed by atoms with Crippen molar-refractivity contribution in [1.82, 2.24) is 15.1 Å². The Morgan fingerprint density at radius 3 is 2.62 bits per heavy atom. The largest absolute Gasteiger partial charge is 0.373 e. The lowest BCUT2D eigenvalue weighted by molar-refractivity contribution is -0.0912. The lowest BCUT2D eigenvalue weighted by Crippen LogP contribution is -2.47. The molecule has 0 amide bonds. The van der Waals surface area contributed by atoms with E-state index in [0.717, 1.165) is 39.0 Å². The van der Waals surface area contributed by atoms with Gasteiger partial charge in [-0.15, -0.1) is 0 Å². The molecule has 4 heteroatoms. The zero-order chi connectivity index (χ0) is 15.1. The van der Waals surface area contributed by atoms with E-state index in [1.54, 1.807) is 0 Å². The van der Waals surface area contributed by atoms with E-state index >= 15 is 0 Å². The molecule has 1 aliphatic carbocycles. The third kappa shape index (κ3) is 3.86. The van der Waals surface area contributed by atoms with Crippen LogP contribution >= 0.6 is 0 Å². The molecular formula is C17H31N3O. The SMILES string of the molecule is CCCNC(c1cnn(CC)c1)C1(OCC)CCCCC1. The van der Waals surface area contributed by atoms with E-state index in [2.05, 4.69) is 37.4 Å². The highest BCUT2D eigenvalue weighted by Gasteiger charge is 2.41. The van der Waals surface area contributed by atoms with Gasteiger partial charge in [0.15, 0.2) is 0 Å². The van der Waals surface area contributed by atoms with Crippen LogP contribution in [0.2, 0.25) is 0 Å². The molecule has 2 rings (SSSR count). The lowest BCUT2D eigenvalue weighted by Gasteiger charge is -2.43. The smallest absolute Gasteiger partial charge is 0.0877 e. The Labute approximate surface area is 129 Å². The second-order valence-corrected chi connectivity index (χ2v) is 6.07. The number of hydrogen-bond donors (Lipinski definition) is 1. The third-order valence-corrected chi connectivity index (χ3v) is 4.57. The van der Waals surface area contributed by atoms with E-state index in [1.807, 2.05) is 10.9 Å². The van der Waals surface area contributed by atoms with Crippen LogP contribution < -0.4 is 5.32 Å². The normalized spacial score (nSPS) is 19.6.